The number of hydrogen-bond donors (Lipinski definition) is 2. The van der Waals surface area contributed by atoms with Crippen molar-refractivity contribution in [3.05, 3.63) is 48.5 Å². The molecule has 2 aromatic carbocycles. The van der Waals surface area contributed by atoms with E-state index in [1.165, 1.54) is 12.0 Å². The predicted octanol–water partition coefficient (Wildman–Crippen LogP) is 3.67. The molecule has 0 radical (unpaired) electrons. The second-order valence-electron chi connectivity index (χ2n) is 8.27. The molecule has 1 heterocycles. The van der Waals surface area contributed by atoms with Crippen molar-refractivity contribution in [3.8, 4) is 11.5 Å². The molecular formula is C26H30N2O7. The van der Waals surface area contributed by atoms with Crippen LogP contribution in [0.3, 0.4) is 0 Å². The number of nitrogens with zero attached hydrogens (tertiary/aromatic N) is 1. The van der Waals surface area contributed by atoms with Crippen molar-refractivity contribution in [1.29, 1.82) is 0 Å². The number of ether oxygens (including phenoxy) is 2. The summed E-state index contributed by atoms with van der Waals surface area (Å²) in [6.45, 7) is 0.345. The van der Waals surface area contributed by atoms with Crippen LogP contribution in [0.25, 0.3) is 0 Å². The van der Waals surface area contributed by atoms with Crippen molar-refractivity contribution in [1.82, 2.24) is 0 Å². The molecule has 1 aliphatic heterocycles. The van der Waals surface area contributed by atoms with E-state index in [4.69, 9.17) is 14.6 Å². The number of carbonyl (C=O) groups excluding carboxylic acids is 3. The average molecular weight is 483 g/mol. The molecule has 1 fully saturated rings. The number of amides is 2. The van der Waals surface area contributed by atoms with Gasteiger partial charge in [0.1, 0.15) is 11.5 Å². The maximum absolute atomic E-state index is 12.9. The van der Waals surface area contributed by atoms with E-state index in [1.54, 1.807) is 48.5 Å². The lowest BCUT2D eigenvalue weighted by molar-refractivity contribution is -0.137. The van der Waals surface area contributed by atoms with Gasteiger partial charge in [-0.15, -0.1) is 0 Å². The number of hydrogen-bond acceptors (Lipinski definition) is 6. The second-order valence-corrected chi connectivity index (χ2v) is 8.27. The van der Waals surface area contributed by atoms with E-state index < -0.39 is 29.5 Å². The largest absolute Gasteiger partial charge is 0.495 e. The molecule has 1 atom stereocenters. The van der Waals surface area contributed by atoms with Gasteiger partial charge in [0.25, 0.3) is 0 Å². The summed E-state index contributed by atoms with van der Waals surface area (Å²) in [5.74, 6) is -2.81. The highest BCUT2D eigenvalue weighted by molar-refractivity contribution is 6.30. The number of rotatable bonds is 13. The van der Waals surface area contributed by atoms with Crippen LogP contribution in [0.15, 0.2) is 48.5 Å². The first-order valence-electron chi connectivity index (χ1n) is 11.6. The fourth-order valence-corrected chi connectivity index (χ4v) is 3.88. The lowest BCUT2D eigenvalue weighted by Gasteiger charge is -2.18. The van der Waals surface area contributed by atoms with Crippen molar-refractivity contribution >= 4 is 34.9 Å². The van der Waals surface area contributed by atoms with E-state index in [2.05, 4.69) is 5.32 Å². The van der Waals surface area contributed by atoms with E-state index in [1.807, 2.05) is 0 Å². The minimum atomic E-state index is -1.41. The highest BCUT2D eigenvalue weighted by atomic mass is 16.5. The van der Waals surface area contributed by atoms with Crippen molar-refractivity contribution in [2.45, 2.75) is 38.5 Å². The summed E-state index contributed by atoms with van der Waals surface area (Å²) in [7, 11) is 1.48. The van der Waals surface area contributed by atoms with Gasteiger partial charge in [0.05, 0.1) is 25.9 Å². The van der Waals surface area contributed by atoms with Gasteiger partial charge in [0.15, 0.2) is 11.7 Å². The number of benzene rings is 2. The van der Waals surface area contributed by atoms with Gasteiger partial charge in [0.2, 0.25) is 11.8 Å². The Balaban J connectivity index is 1.46. The molecule has 0 spiro atoms. The van der Waals surface area contributed by atoms with Crippen LogP contribution in [0.2, 0.25) is 0 Å². The third kappa shape index (κ3) is 7.05. The van der Waals surface area contributed by atoms with Crippen LogP contribution in [0, 0.1) is 5.92 Å². The van der Waals surface area contributed by atoms with Crippen molar-refractivity contribution in [2.24, 2.45) is 5.92 Å². The second kappa shape index (κ2) is 12.5. The van der Waals surface area contributed by atoms with Crippen LogP contribution in [-0.2, 0) is 19.2 Å². The summed E-state index contributed by atoms with van der Waals surface area (Å²) >= 11 is 0. The topological polar surface area (TPSA) is 122 Å². The summed E-state index contributed by atoms with van der Waals surface area (Å²) < 4.78 is 11.0. The third-order valence-corrected chi connectivity index (χ3v) is 5.71. The quantitative estimate of drug-likeness (QED) is 0.330. The fraction of sp³-hybridized carbons (Fsp3) is 0.385. The molecule has 9 heteroatoms. The Morgan fingerprint density at radius 2 is 1.69 bits per heavy atom. The summed E-state index contributed by atoms with van der Waals surface area (Å²) in [6, 6.07) is 13.6. The number of carboxylic acids is 1. The number of Topliss-reactive ketones (excluding diaryl/α,β-unsaturated/α-hetero) is 1. The number of para-hydroxylation sites is 2. The highest BCUT2D eigenvalue weighted by Gasteiger charge is 2.45. The number of methoxy groups -OCH3 is 1. The Morgan fingerprint density at radius 3 is 2.40 bits per heavy atom. The molecule has 9 nitrogen and oxygen atoms in total. The van der Waals surface area contributed by atoms with E-state index in [-0.39, 0.29) is 13.0 Å². The summed E-state index contributed by atoms with van der Waals surface area (Å²) in [4.78, 5) is 49.9. The van der Waals surface area contributed by atoms with Crippen LogP contribution >= 0.6 is 0 Å². The molecule has 1 unspecified atom stereocenters. The zero-order valence-corrected chi connectivity index (χ0v) is 19.7. The SMILES string of the molecule is COc1ccccc1N1CC(=O)C(C(=O)Nc2ccc(OCCCCCCCC(=O)O)cc2)C1=O. The first-order valence-corrected chi connectivity index (χ1v) is 11.6. The number of anilines is 2. The zero-order chi connectivity index (χ0) is 25.2. The van der Waals surface area contributed by atoms with Gasteiger partial charge in [0, 0.05) is 12.1 Å². The van der Waals surface area contributed by atoms with Gasteiger partial charge in [-0.3, -0.25) is 19.2 Å². The van der Waals surface area contributed by atoms with Crippen LogP contribution < -0.4 is 19.7 Å². The molecule has 1 aliphatic rings. The van der Waals surface area contributed by atoms with Crippen LogP contribution in [0.4, 0.5) is 11.4 Å². The van der Waals surface area contributed by atoms with Crippen molar-refractivity contribution in [2.75, 3.05) is 30.5 Å². The highest BCUT2D eigenvalue weighted by Crippen LogP contribution is 2.32. The first-order chi connectivity index (χ1) is 16.9. The summed E-state index contributed by atoms with van der Waals surface area (Å²) in [6.07, 6.45) is 4.59. The molecule has 186 valence electrons. The standard InChI is InChI=1S/C26H30N2O7/c1-34-22-10-7-6-9-20(22)28-17-21(29)24(26(28)33)25(32)27-18-12-14-19(15-13-18)35-16-8-4-2-3-5-11-23(30)31/h6-7,9-10,12-15,24H,2-5,8,11,16-17H2,1H3,(H,27,32)(H,30,31). The monoisotopic (exact) mass is 482 g/mol. The molecule has 0 aliphatic carbocycles. The maximum Gasteiger partial charge on any atom is 0.303 e. The van der Waals surface area contributed by atoms with E-state index in [0.717, 1.165) is 25.7 Å². The minimum absolute atomic E-state index is 0.191. The van der Waals surface area contributed by atoms with Crippen LogP contribution in [0.5, 0.6) is 11.5 Å². The van der Waals surface area contributed by atoms with Crippen molar-refractivity contribution < 1.29 is 33.8 Å². The van der Waals surface area contributed by atoms with E-state index >= 15 is 0 Å². The molecule has 0 bridgehead atoms. The van der Waals surface area contributed by atoms with Gasteiger partial charge in [-0.05, 0) is 49.2 Å². The van der Waals surface area contributed by atoms with Gasteiger partial charge < -0.3 is 24.8 Å². The third-order valence-electron chi connectivity index (χ3n) is 5.71. The van der Waals surface area contributed by atoms with Gasteiger partial charge >= 0.3 is 5.97 Å². The normalized spacial score (nSPS) is 15.2. The number of aliphatic carboxylic acids is 1. The van der Waals surface area contributed by atoms with Gasteiger partial charge in [-0.2, -0.15) is 0 Å². The Kier molecular flexibility index (Phi) is 9.23. The Hall–Kier alpha value is -3.88. The summed E-state index contributed by atoms with van der Waals surface area (Å²) in [5.41, 5.74) is 0.905. The van der Waals surface area contributed by atoms with Gasteiger partial charge in [-0.1, -0.05) is 31.4 Å². The molecule has 2 aromatic rings. The first kappa shape index (κ1) is 25.7. The molecule has 2 amide bonds. The Labute approximate surface area is 204 Å². The number of carbonyl (C=O) groups is 4. The number of ketones is 1. The van der Waals surface area contributed by atoms with E-state index in [0.29, 0.717) is 35.9 Å². The lowest BCUT2D eigenvalue weighted by Crippen LogP contribution is -2.34. The predicted molar refractivity (Wildman–Crippen MR) is 130 cm³/mol. The molecule has 0 aromatic heterocycles. The smallest absolute Gasteiger partial charge is 0.303 e. The number of unbranched alkanes of at least 4 members (excludes halogenated alkanes) is 4. The number of carboxylic acid groups (broad SMARTS) is 1. The summed E-state index contributed by atoms with van der Waals surface area (Å²) in [5, 5.41) is 11.3. The fourth-order valence-electron chi connectivity index (χ4n) is 3.88. The molecule has 35 heavy (non-hydrogen) atoms. The number of nitrogens with one attached hydrogen (secondary N) is 1. The molecular weight excluding hydrogens is 452 g/mol. The van der Waals surface area contributed by atoms with Gasteiger partial charge in [-0.25, -0.2) is 0 Å². The van der Waals surface area contributed by atoms with Crippen LogP contribution in [0.1, 0.15) is 38.5 Å². The minimum Gasteiger partial charge on any atom is -0.495 e. The Morgan fingerprint density at radius 1 is 1.00 bits per heavy atom. The molecule has 1 saturated heterocycles. The maximum atomic E-state index is 12.9. The molecule has 2 N–H and O–H groups in total. The average Bonchev–Trinajstić information content (AvgIpc) is 3.15. The van der Waals surface area contributed by atoms with Crippen molar-refractivity contribution in [3.63, 3.8) is 0 Å². The molecule has 0 saturated carbocycles. The Bertz CT molecular complexity index is 1050. The van der Waals surface area contributed by atoms with Crippen LogP contribution in [-0.4, -0.2) is 48.9 Å². The molecule has 3 rings (SSSR count). The zero-order valence-electron chi connectivity index (χ0n) is 19.7. The van der Waals surface area contributed by atoms with E-state index in [9.17, 15) is 19.2 Å². The lowest BCUT2D eigenvalue weighted by atomic mass is 10.1.